The van der Waals surface area contributed by atoms with Crippen LogP contribution in [-0.2, 0) is 15.8 Å². The molecule has 5 nitrogen and oxygen atoms in total. The second kappa shape index (κ2) is 9.05. The highest BCUT2D eigenvalue weighted by Gasteiger charge is 2.33. The Bertz CT molecular complexity index is 621. The summed E-state index contributed by atoms with van der Waals surface area (Å²) in [5, 5.41) is 4.64. The molecule has 0 saturated heterocycles. The molecule has 0 heterocycles. The van der Waals surface area contributed by atoms with E-state index < -0.39 is 22.7 Å². The highest BCUT2D eigenvalue weighted by molar-refractivity contribution is 6.31. The zero-order chi connectivity index (χ0) is 19.2. The molecule has 0 bridgehead atoms. The maximum atomic E-state index is 12.8. The first-order chi connectivity index (χ1) is 11.5. The molecule has 9 heteroatoms. The van der Waals surface area contributed by atoms with E-state index >= 15 is 0 Å². The fourth-order valence-corrected chi connectivity index (χ4v) is 2.17. The summed E-state index contributed by atoms with van der Waals surface area (Å²) in [4.78, 5) is 25.0. The SMILES string of the molecule is CC(C)CNC(=O)CN(C)CC(=O)Nc1ccc(Cl)c(C(F)(F)F)c1. The number of nitrogens with zero attached hydrogens (tertiary/aromatic N) is 1. The van der Waals surface area contributed by atoms with Gasteiger partial charge in [0.1, 0.15) is 0 Å². The number of nitrogens with one attached hydrogen (secondary N) is 2. The van der Waals surface area contributed by atoms with Gasteiger partial charge in [-0.3, -0.25) is 14.5 Å². The van der Waals surface area contributed by atoms with Gasteiger partial charge in [-0.15, -0.1) is 0 Å². The van der Waals surface area contributed by atoms with E-state index in [1.807, 2.05) is 13.8 Å². The van der Waals surface area contributed by atoms with Crippen LogP contribution in [0.3, 0.4) is 0 Å². The number of carbonyl (C=O) groups is 2. The first-order valence-electron chi connectivity index (χ1n) is 7.61. The van der Waals surface area contributed by atoms with Gasteiger partial charge in [0.05, 0.1) is 23.7 Å². The minimum absolute atomic E-state index is 0.00849. The Kier molecular flexibility index (Phi) is 7.69. The third kappa shape index (κ3) is 7.74. The molecule has 2 N–H and O–H groups in total. The van der Waals surface area contributed by atoms with E-state index in [1.165, 1.54) is 11.0 Å². The van der Waals surface area contributed by atoms with Crippen molar-refractivity contribution in [2.45, 2.75) is 20.0 Å². The lowest BCUT2D eigenvalue weighted by Gasteiger charge is -2.17. The molecule has 0 unspecified atom stereocenters. The van der Waals surface area contributed by atoms with Crippen LogP contribution in [-0.4, -0.2) is 43.4 Å². The van der Waals surface area contributed by atoms with Crippen molar-refractivity contribution in [1.82, 2.24) is 10.2 Å². The number of hydrogen-bond acceptors (Lipinski definition) is 3. The molecular formula is C16H21ClF3N3O2. The Hall–Kier alpha value is -1.80. The zero-order valence-electron chi connectivity index (χ0n) is 14.2. The number of carbonyl (C=O) groups excluding carboxylic acids is 2. The van der Waals surface area contributed by atoms with Crippen LogP contribution in [0.25, 0.3) is 0 Å². The summed E-state index contributed by atoms with van der Waals surface area (Å²) in [5.74, 6) is -0.449. The largest absolute Gasteiger partial charge is 0.417 e. The maximum Gasteiger partial charge on any atom is 0.417 e. The summed E-state index contributed by atoms with van der Waals surface area (Å²) >= 11 is 5.53. The normalized spacial score (nSPS) is 11.7. The molecule has 1 aromatic rings. The molecular weight excluding hydrogens is 359 g/mol. The van der Waals surface area contributed by atoms with Gasteiger partial charge in [0, 0.05) is 12.2 Å². The van der Waals surface area contributed by atoms with Crippen LogP contribution in [0.15, 0.2) is 18.2 Å². The number of likely N-dealkylation sites (N-methyl/N-ethyl adjacent to an activating group) is 1. The molecule has 0 spiro atoms. The van der Waals surface area contributed by atoms with Crippen molar-refractivity contribution in [3.05, 3.63) is 28.8 Å². The molecule has 1 aromatic carbocycles. The smallest absolute Gasteiger partial charge is 0.355 e. The van der Waals surface area contributed by atoms with Crippen LogP contribution in [0.5, 0.6) is 0 Å². The standard InChI is InChI=1S/C16H21ClF3N3O2/c1-10(2)7-21-14(24)8-23(3)9-15(25)22-11-4-5-13(17)12(6-11)16(18,19)20/h4-6,10H,7-9H2,1-3H3,(H,21,24)(H,22,25). The van der Waals surface area contributed by atoms with Crippen molar-refractivity contribution in [1.29, 1.82) is 0 Å². The Balaban J connectivity index is 2.58. The van der Waals surface area contributed by atoms with Crippen molar-refractivity contribution in [2.24, 2.45) is 5.92 Å². The second-order valence-electron chi connectivity index (χ2n) is 6.11. The number of anilines is 1. The highest BCUT2D eigenvalue weighted by Crippen LogP contribution is 2.36. The first-order valence-corrected chi connectivity index (χ1v) is 7.98. The fourth-order valence-electron chi connectivity index (χ4n) is 1.94. The number of rotatable bonds is 7. The van der Waals surface area contributed by atoms with Gasteiger partial charge < -0.3 is 10.6 Å². The van der Waals surface area contributed by atoms with Gasteiger partial charge in [0.25, 0.3) is 0 Å². The number of hydrogen-bond donors (Lipinski definition) is 2. The monoisotopic (exact) mass is 379 g/mol. The number of alkyl halides is 3. The van der Waals surface area contributed by atoms with Crippen LogP contribution in [0.4, 0.5) is 18.9 Å². The van der Waals surface area contributed by atoms with Crippen LogP contribution in [0.2, 0.25) is 5.02 Å². The van der Waals surface area contributed by atoms with Gasteiger partial charge in [-0.1, -0.05) is 25.4 Å². The van der Waals surface area contributed by atoms with E-state index in [4.69, 9.17) is 11.6 Å². The summed E-state index contributed by atoms with van der Waals surface area (Å²) in [5.41, 5.74) is -1.03. The molecule has 0 aliphatic carbocycles. The summed E-state index contributed by atoms with van der Waals surface area (Å²) in [6.45, 7) is 4.31. The van der Waals surface area contributed by atoms with Gasteiger partial charge in [0.2, 0.25) is 11.8 Å². The Labute approximate surface area is 149 Å². The predicted octanol–water partition coefficient (Wildman–Crippen LogP) is 3.00. The van der Waals surface area contributed by atoms with E-state index in [0.717, 1.165) is 12.1 Å². The van der Waals surface area contributed by atoms with E-state index in [9.17, 15) is 22.8 Å². The van der Waals surface area contributed by atoms with Crippen LogP contribution in [0.1, 0.15) is 19.4 Å². The summed E-state index contributed by atoms with van der Waals surface area (Å²) in [6.07, 6.45) is -4.61. The quantitative estimate of drug-likeness (QED) is 0.765. The Morgan fingerprint density at radius 3 is 2.36 bits per heavy atom. The van der Waals surface area contributed by atoms with Crippen LogP contribution < -0.4 is 10.6 Å². The number of benzene rings is 1. The molecule has 0 aromatic heterocycles. The van der Waals surface area contributed by atoms with Crippen LogP contribution >= 0.6 is 11.6 Å². The number of amides is 2. The van der Waals surface area contributed by atoms with Crippen LogP contribution in [0, 0.1) is 5.92 Å². The molecule has 140 valence electrons. The van der Waals surface area contributed by atoms with E-state index in [-0.39, 0.29) is 24.7 Å². The van der Waals surface area contributed by atoms with Gasteiger partial charge in [-0.2, -0.15) is 13.2 Å². The highest BCUT2D eigenvalue weighted by atomic mass is 35.5. The molecule has 25 heavy (non-hydrogen) atoms. The van der Waals surface area contributed by atoms with Crippen molar-refractivity contribution in [3.8, 4) is 0 Å². The molecule has 0 atom stereocenters. The van der Waals surface area contributed by atoms with Gasteiger partial charge >= 0.3 is 6.18 Å². The van der Waals surface area contributed by atoms with E-state index in [2.05, 4.69) is 10.6 Å². The predicted molar refractivity (Wildman–Crippen MR) is 90.4 cm³/mol. The second-order valence-corrected chi connectivity index (χ2v) is 6.52. The average Bonchev–Trinajstić information content (AvgIpc) is 2.45. The van der Waals surface area contributed by atoms with Crippen molar-refractivity contribution >= 4 is 29.1 Å². The Morgan fingerprint density at radius 1 is 1.20 bits per heavy atom. The molecule has 0 aliphatic heterocycles. The molecule has 0 fully saturated rings. The molecule has 1 rings (SSSR count). The third-order valence-corrected chi connectivity index (χ3v) is 3.42. The van der Waals surface area contributed by atoms with E-state index in [0.29, 0.717) is 12.5 Å². The van der Waals surface area contributed by atoms with Gasteiger partial charge in [0.15, 0.2) is 0 Å². The Morgan fingerprint density at radius 2 is 1.80 bits per heavy atom. The molecule has 0 radical (unpaired) electrons. The van der Waals surface area contributed by atoms with E-state index in [1.54, 1.807) is 7.05 Å². The summed E-state index contributed by atoms with van der Waals surface area (Å²) < 4.78 is 38.4. The summed E-state index contributed by atoms with van der Waals surface area (Å²) in [6, 6.07) is 3.13. The van der Waals surface area contributed by atoms with Gasteiger partial charge in [-0.05, 0) is 31.2 Å². The lowest BCUT2D eigenvalue weighted by molar-refractivity contribution is -0.137. The lowest BCUT2D eigenvalue weighted by atomic mass is 10.2. The molecule has 2 amide bonds. The maximum absolute atomic E-state index is 12.8. The van der Waals surface area contributed by atoms with Crippen molar-refractivity contribution in [3.63, 3.8) is 0 Å². The third-order valence-electron chi connectivity index (χ3n) is 3.09. The van der Waals surface area contributed by atoms with Gasteiger partial charge in [-0.25, -0.2) is 0 Å². The zero-order valence-corrected chi connectivity index (χ0v) is 15.0. The summed E-state index contributed by atoms with van der Waals surface area (Å²) in [7, 11) is 1.57. The molecule has 0 saturated carbocycles. The fraction of sp³-hybridized carbons (Fsp3) is 0.500. The average molecular weight is 380 g/mol. The van der Waals surface area contributed by atoms with Crippen molar-refractivity contribution < 1.29 is 22.8 Å². The molecule has 0 aliphatic rings. The minimum atomic E-state index is -4.61. The minimum Gasteiger partial charge on any atom is -0.355 e. The topological polar surface area (TPSA) is 61.4 Å². The first kappa shape index (κ1) is 21.2. The van der Waals surface area contributed by atoms with Crippen molar-refractivity contribution in [2.75, 3.05) is 32.0 Å². The lowest BCUT2D eigenvalue weighted by Crippen LogP contribution is -2.39. The number of halogens is 4.